The van der Waals surface area contributed by atoms with E-state index in [1.54, 1.807) is 0 Å². The van der Waals surface area contributed by atoms with Gasteiger partial charge in [-0.1, -0.05) is 27.7 Å². The van der Waals surface area contributed by atoms with Gasteiger partial charge in [-0.25, -0.2) is 0 Å². The molecule has 0 aromatic carbocycles. The summed E-state index contributed by atoms with van der Waals surface area (Å²) in [5, 5.41) is 3.40. The molecule has 2 saturated heterocycles. The van der Waals surface area contributed by atoms with Gasteiger partial charge < -0.3 is 15.1 Å². The van der Waals surface area contributed by atoms with Crippen molar-refractivity contribution in [3.8, 4) is 0 Å². The van der Waals surface area contributed by atoms with Gasteiger partial charge >= 0.3 is 0 Å². The van der Waals surface area contributed by atoms with Crippen molar-refractivity contribution in [2.75, 3.05) is 39.8 Å². The van der Waals surface area contributed by atoms with Gasteiger partial charge in [0.25, 0.3) is 0 Å². The Bertz CT molecular complexity index is 316. The number of piperidine rings is 1. The average molecular weight is 312 g/mol. The van der Waals surface area contributed by atoms with Gasteiger partial charge in [-0.2, -0.15) is 0 Å². The number of rotatable bonds is 5. The highest BCUT2D eigenvalue weighted by Crippen LogP contribution is 2.25. The van der Waals surface area contributed by atoms with Crippen LogP contribution in [0.1, 0.15) is 59.8 Å². The zero-order valence-corrected chi connectivity index (χ0v) is 15.5. The smallest absolute Gasteiger partial charge is 0.220 e. The summed E-state index contributed by atoms with van der Waals surface area (Å²) in [5.41, 5.74) is 0.0167. The summed E-state index contributed by atoms with van der Waals surface area (Å²) in [5.74, 6) is 0.675. The molecule has 2 aliphatic rings. The standard InChI is InChI=1S/C16H31N3O.C2H6/c1-14(2)12-15(20)17-16(6-10-18(3)11-7-16)13-19-8-4-5-9-19;1-2/h14H,4-13H2,1-3H3,(H,17,20);1-2H3. The second kappa shape index (κ2) is 9.51. The molecular formula is C18H37N3O. The van der Waals surface area contributed by atoms with Crippen molar-refractivity contribution in [2.45, 2.75) is 65.3 Å². The van der Waals surface area contributed by atoms with E-state index < -0.39 is 0 Å². The zero-order valence-electron chi connectivity index (χ0n) is 15.5. The summed E-state index contributed by atoms with van der Waals surface area (Å²) in [6.45, 7) is 13.9. The van der Waals surface area contributed by atoms with Crippen LogP contribution in [-0.4, -0.2) is 61.0 Å². The molecule has 2 aliphatic heterocycles. The van der Waals surface area contributed by atoms with E-state index in [0.29, 0.717) is 12.3 Å². The third-order valence-electron chi connectivity index (χ3n) is 4.67. The van der Waals surface area contributed by atoms with Crippen molar-refractivity contribution in [1.82, 2.24) is 15.1 Å². The first-order valence-corrected chi connectivity index (χ1v) is 9.21. The summed E-state index contributed by atoms with van der Waals surface area (Å²) in [6, 6.07) is 0. The number of likely N-dealkylation sites (tertiary alicyclic amines) is 2. The van der Waals surface area contributed by atoms with Crippen LogP contribution in [0.4, 0.5) is 0 Å². The molecule has 0 spiro atoms. The SMILES string of the molecule is CC.CC(C)CC(=O)NC1(CN2CCCC2)CCN(C)CC1. The number of nitrogens with zero attached hydrogens (tertiary/aromatic N) is 2. The lowest BCUT2D eigenvalue weighted by Gasteiger charge is -2.43. The fraction of sp³-hybridized carbons (Fsp3) is 0.944. The van der Waals surface area contributed by atoms with E-state index in [0.717, 1.165) is 32.5 Å². The summed E-state index contributed by atoms with van der Waals surface area (Å²) in [4.78, 5) is 17.2. The molecule has 0 unspecified atom stereocenters. The first kappa shape index (κ1) is 19.4. The molecule has 0 aromatic heterocycles. The lowest BCUT2D eigenvalue weighted by molar-refractivity contribution is -0.124. The van der Waals surface area contributed by atoms with Crippen molar-refractivity contribution in [3.05, 3.63) is 0 Å². The van der Waals surface area contributed by atoms with Crippen LogP contribution in [0.3, 0.4) is 0 Å². The summed E-state index contributed by atoms with van der Waals surface area (Å²) in [7, 11) is 2.18. The molecule has 0 saturated carbocycles. The fourth-order valence-electron chi connectivity index (χ4n) is 3.46. The zero-order chi connectivity index (χ0) is 16.6. The number of amides is 1. The van der Waals surface area contributed by atoms with Gasteiger partial charge in [0.2, 0.25) is 5.91 Å². The topological polar surface area (TPSA) is 35.6 Å². The molecule has 1 amide bonds. The number of carbonyl (C=O) groups is 1. The molecule has 2 heterocycles. The maximum Gasteiger partial charge on any atom is 0.220 e. The molecule has 0 atom stereocenters. The second-order valence-electron chi connectivity index (χ2n) is 7.21. The van der Waals surface area contributed by atoms with Crippen LogP contribution in [0.5, 0.6) is 0 Å². The first-order chi connectivity index (χ1) is 10.5. The Balaban J connectivity index is 0.00000116. The molecule has 0 radical (unpaired) electrons. The second-order valence-corrected chi connectivity index (χ2v) is 7.21. The summed E-state index contributed by atoms with van der Waals surface area (Å²) < 4.78 is 0. The van der Waals surface area contributed by atoms with Gasteiger partial charge in [0.1, 0.15) is 0 Å². The lowest BCUT2D eigenvalue weighted by atomic mass is 9.86. The van der Waals surface area contributed by atoms with Gasteiger partial charge in [-0.05, 0) is 51.7 Å². The summed E-state index contributed by atoms with van der Waals surface area (Å²) in [6.07, 6.45) is 5.46. The van der Waals surface area contributed by atoms with Gasteiger partial charge in [-0.3, -0.25) is 4.79 Å². The Morgan fingerprint density at radius 3 is 2.14 bits per heavy atom. The van der Waals surface area contributed by atoms with Crippen LogP contribution in [0.2, 0.25) is 0 Å². The predicted octanol–water partition coefficient (Wildman–Crippen LogP) is 2.74. The van der Waals surface area contributed by atoms with Crippen LogP contribution < -0.4 is 5.32 Å². The minimum Gasteiger partial charge on any atom is -0.349 e. The Labute approximate surface area is 137 Å². The highest BCUT2D eigenvalue weighted by molar-refractivity contribution is 5.77. The van der Waals surface area contributed by atoms with Crippen LogP contribution in [0.25, 0.3) is 0 Å². The van der Waals surface area contributed by atoms with Crippen molar-refractivity contribution < 1.29 is 4.79 Å². The van der Waals surface area contributed by atoms with E-state index in [2.05, 4.69) is 36.0 Å². The predicted molar refractivity (Wildman–Crippen MR) is 94.1 cm³/mol. The first-order valence-electron chi connectivity index (χ1n) is 9.21. The van der Waals surface area contributed by atoms with Gasteiger partial charge in [0, 0.05) is 26.1 Å². The van der Waals surface area contributed by atoms with Gasteiger partial charge in [0.15, 0.2) is 0 Å². The largest absolute Gasteiger partial charge is 0.349 e. The third kappa shape index (κ3) is 6.25. The van der Waals surface area contributed by atoms with Gasteiger partial charge in [0.05, 0.1) is 5.54 Å². The normalized spacial score (nSPS) is 22.3. The Kier molecular flexibility index (Phi) is 8.40. The van der Waals surface area contributed by atoms with E-state index in [1.165, 1.54) is 25.9 Å². The van der Waals surface area contributed by atoms with E-state index in [4.69, 9.17) is 0 Å². The fourth-order valence-corrected chi connectivity index (χ4v) is 3.46. The van der Waals surface area contributed by atoms with Crippen LogP contribution >= 0.6 is 0 Å². The lowest BCUT2D eigenvalue weighted by Crippen LogP contribution is -2.60. The molecule has 130 valence electrons. The maximum atomic E-state index is 12.2. The Morgan fingerprint density at radius 1 is 1.09 bits per heavy atom. The molecule has 0 aliphatic carbocycles. The number of hydrogen-bond donors (Lipinski definition) is 1. The van der Waals surface area contributed by atoms with Crippen molar-refractivity contribution in [3.63, 3.8) is 0 Å². The van der Waals surface area contributed by atoms with E-state index >= 15 is 0 Å². The van der Waals surface area contributed by atoms with Gasteiger partial charge in [-0.15, -0.1) is 0 Å². The molecule has 0 aromatic rings. The molecular weight excluding hydrogens is 274 g/mol. The quantitative estimate of drug-likeness (QED) is 0.848. The minimum atomic E-state index is 0.0167. The van der Waals surface area contributed by atoms with E-state index in [-0.39, 0.29) is 11.4 Å². The third-order valence-corrected chi connectivity index (χ3v) is 4.67. The molecule has 1 N–H and O–H groups in total. The minimum absolute atomic E-state index is 0.0167. The maximum absolute atomic E-state index is 12.2. The van der Waals surface area contributed by atoms with Crippen molar-refractivity contribution >= 4 is 5.91 Å². The highest BCUT2D eigenvalue weighted by Gasteiger charge is 2.37. The Morgan fingerprint density at radius 2 is 1.64 bits per heavy atom. The Hall–Kier alpha value is -0.610. The molecule has 22 heavy (non-hydrogen) atoms. The number of nitrogens with one attached hydrogen (secondary N) is 1. The van der Waals surface area contributed by atoms with Crippen LogP contribution in [0.15, 0.2) is 0 Å². The highest BCUT2D eigenvalue weighted by atomic mass is 16.1. The molecule has 0 bridgehead atoms. The monoisotopic (exact) mass is 311 g/mol. The average Bonchev–Trinajstić information content (AvgIpc) is 2.96. The van der Waals surface area contributed by atoms with Crippen molar-refractivity contribution in [1.29, 1.82) is 0 Å². The van der Waals surface area contributed by atoms with Crippen LogP contribution in [0, 0.1) is 5.92 Å². The number of hydrogen-bond acceptors (Lipinski definition) is 3. The summed E-state index contributed by atoms with van der Waals surface area (Å²) >= 11 is 0. The number of carbonyl (C=O) groups excluding carboxylic acids is 1. The molecule has 4 heteroatoms. The van der Waals surface area contributed by atoms with E-state index in [1.807, 2.05) is 13.8 Å². The van der Waals surface area contributed by atoms with E-state index in [9.17, 15) is 4.79 Å². The molecule has 2 fully saturated rings. The molecule has 4 nitrogen and oxygen atoms in total. The molecule has 2 rings (SSSR count). The van der Waals surface area contributed by atoms with Crippen molar-refractivity contribution in [2.24, 2.45) is 5.92 Å². The van der Waals surface area contributed by atoms with Crippen LogP contribution in [-0.2, 0) is 4.79 Å².